The number of rotatable bonds is 5. The van der Waals surface area contributed by atoms with E-state index >= 15 is 0 Å². The summed E-state index contributed by atoms with van der Waals surface area (Å²) in [5, 5.41) is 15.9. The topological polar surface area (TPSA) is 83.6 Å². The van der Waals surface area contributed by atoms with Gasteiger partial charge < -0.3 is 5.32 Å². The van der Waals surface area contributed by atoms with Crippen molar-refractivity contribution in [1.29, 1.82) is 5.26 Å². The van der Waals surface area contributed by atoms with Crippen LogP contribution >= 0.6 is 11.3 Å². The first kappa shape index (κ1) is 15.9. The van der Waals surface area contributed by atoms with Crippen LogP contribution in [-0.4, -0.2) is 20.7 Å². The lowest BCUT2D eigenvalue weighted by molar-refractivity contribution is -0.116. The molecule has 2 heterocycles. The van der Waals surface area contributed by atoms with Crippen LogP contribution in [0.2, 0.25) is 0 Å². The predicted molar refractivity (Wildman–Crippen MR) is 92.5 cm³/mol. The normalized spacial score (nSPS) is 10.3. The summed E-state index contributed by atoms with van der Waals surface area (Å²) in [6, 6.07) is 11.8. The SMILES string of the molecule is Cc1ccc(-c2ccc(C#N)s2)cc1NC(=O)CCn1cncn1. The average molecular weight is 337 g/mol. The number of aryl methyl sites for hydroxylation is 2. The third kappa shape index (κ3) is 3.67. The number of anilines is 1. The molecule has 0 spiro atoms. The molecular weight excluding hydrogens is 322 g/mol. The van der Waals surface area contributed by atoms with Gasteiger partial charge in [-0.1, -0.05) is 12.1 Å². The van der Waals surface area contributed by atoms with Gasteiger partial charge in [-0.25, -0.2) is 4.98 Å². The van der Waals surface area contributed by atoms with Crippen molar-refractivity contribution in [1.82, 2.24) is 14.8 Å². The quantitative estimate of drug-likeness (QED) is 0.775. The van der Waals surface area contributed by atoms with E-state index in [0.717, 1.165) is 21.7 Å². The second-order valence-corrected chi connectivity index (χ2v) is 6.35. The summed E-state index contributed by atoms with van der Waals surface area (Å²) >= 11 is 1.44. The molecule has 0 aliphatic carbocycles. The van der Waals surface area contributed by atoms with Gasteiger partial charge in [0.25, 0.3) is 0 Å². The largest absolute Gasteiger partial charge is 0.326 e. The molecule has 2 aromatic heterocycles. The number of benzene rings is 1. The number of nitrogens with one attached hydrogen (secondary N) is 1. The second-order valence-electron chi connectivity index (χ2n) is 5.26. The zero-order valence-corrected chi connectivity index (χ0v) is 13.9. The summed E-state index contributed by atoms with van der Waals surface area (Å²) in [5.41, 5.74) is 2.76. The van der Waals surface area contributed by atoms with Crippen molar-refractivity contribution in [2.45, 2.75) is 19.9 Å². The van der Waals surface area contributed by atoms with Gasteiger partial charge in [0.15, 0.2) is 0 Å². The molecule has 1 N–H and O–H groups in total. The minimum absolute atomic E-state index is 0.0744. The van der Waals surface area contributed by atoms with E-state index in [1.165, 1.54) is 17.7 Å². The molecule has 120 valence electrons. The van der Waals surface area contributed by atoms with Crippen molar-refractivity contribution in [3.63, 3.8) is 0 Å². The summed E-state index contributed by atoms with van der Waals surface area (Å²) in [4.78, 5) is 17.7. The molecule has 6 nitrogen and oxygen atoms in total. The van der Waals surface area contributed by atoms with Crippen LogP contribution in [0.1, 0.15) is 16.9 Å². The summed E-state index contributed by atoms with van der Waals surface area (Å²) in [5.74, 6) is -0.0744. The average Bonchev–Trinajstić information content (AvgIpc) is 3.26. The third-order valence-electron chi connectivity index (χ3n) is 3.55. The molecule has 1 aromatic carbocycles. The van der Waals surface area contributed by atoms with E-state index < -0.39 is 0 Å². The smallest absolute Gasteiger partial charge is 0.226 e. The molecule has 0 atom stereocenters. The molecule has 0 aliphatic heterocycles. The lowest BCUT2D eigenvalue weighted by Crippen LogP contribution is -2.15. The van der Waals surface area contributed by atoms with Crippen LogP contribution in [0, 0.1) is 18.3 Å². The maximum Gasteiger partial charge on any atom is 0.226 e. The molecule has 3 rings (SSSR count). The van der Waals surface area contributed by atoms with Gasteiger partial charge >= 0.3 is 0 Å². The summed E-state index contributed by atoms with van der Waals surface area (Å²) in [6.45, 7) is 2.44. The number of hydrogen-bond acceptors (Lipinski definition) is 5. The minimum atomic E-state index is -0.0744. The zero-order chi connectivity index (χ0) is 16.9. The fraction of sp³-hybridized carbons (Fsp3) is 0.176. The van der Waals surface area contributed by atoms with Crippen LogP contribution in [0.3, 0.4) is 0 Å². The fourth-order valence-electron chi connectivity index (χ4n) is 2.24. The standard InChI is InChI=1S/C17H15N5OS/c1-12-2-3-13(16-5-4-14(9-18)24-16)8-15(12)21-17(23)6-7-22-11-19-10-20-22/h2-5,8,10-11H,6-7H2,1H3,(H,21,23). The van der Waals surface area contributed by atoms with Gasteiger partial charge in [-0.2, -0.15) is 10.4 Å². The number of carbonyl (C=O) groups excluding carboxylic acids is 1. The van der Waals surface area contributed by atoms with Gasteiger partial charge in [-0.15, -0.1) is 11.3 Å². The van der Waals surface area contributed by atoms with Crippen molar-refractivity contribution in [3.8, 4) is 16.5 Å². The van der Waals surface area contributed by atoms with Crippen LogP contribution in [-0.2, 0) is 11.3 Å². The Morgan fingerprint density at radius 3 is 2.96 bits per heavy atom. The molecule has 7 heteroatoms. The Bertz CT molecular complexity index is 892. The Balaban J connectivity index is 1.71. The number of carbonyl (C=O) groups is 1. The van der Waals surface area contributed by atoms with Gasteiger partial charge in [-0.05, 0) is 36.2 Å². The van der Waals surface area contributed by atoms with Crippen molar-refractivity contribution < 1.29 is 4.79 Å². The molecule has 0 saturated carbocycles. The van der Waals surface area contributed by atoms with E-state index in [1.54, 1.807) is 17.1 Å². The van der Waals surface area contributed by atoms with Crippen LogP contribution in [0.4, 0.5) is 5.69 Å². The summed E-state index contributed by atoms with van der Waals surface area (Å²) in [6.07, 6.45) is 3.36. The highest BCUT2D eigenvalue weighted by Gasteiger charge is 2.09. The first-order valence-corrected chi connectivity index (χ1v) is 8.20. The van der Waals surface area contributed by atoms with E-state index in [4.69, 9.17) is 5.26 Å². The zero-order valence-electron chi connectivity index (χ0n) is 13.1. The molecule has 0 unspecified atom stereocenters. The van der Waals surface area contributed by atoms with E-state index in [-0.39, 0.29) is 5.91 Å². The highest BCUT2D eigenvalue weighted by molar-refractivity contribution is 7.16. The molecule has 1 amide bonds. The first-order chi connectivity index (χ1) is 11.7. The molecule has 0 fully saturated rings. The maximum absolute atomic E-state index is 12.1. The molecule has 0 saturated heterocycles. The van der Waals surface area contributed by atoms with Crippen LogP contribution in [0.25, 0.3) is 10.4 Å². The number of nitrogens with zero attached hydrogens (tertiary/aromatic N) is 4. The molecular formula is C17H15N5OS. The fourth-order valence-corrected chi connectivity index (χ4v) is 3.04. The second kappa shape index (κ2) is 7.06. The number of hydrogen-bond donors (Lipinski definition) is 1. The Morgan fingerprint density at radius 2 is 2.25 bits per heavy atom. The molecule has 0 aliphatic rings. The monoisotopic (exact) mass is 337 g/mol. The number of nitriles is 1. The van der Waals surface area contributed by atoms with Crippen LogP contribution in [0.5, 0.6) is 0 Å². The van der Waals surface area contributed by atoms with Gasteiger partial charge in [0.05, 0.1) is 6.54 Å². The maximum atomic E-state index is 12.1. The molecule has 0 bridgehead atoms. The summed E-state index contributed by atoms with van der Waals surface area (Å²) in [7, 11) is 0. The van der Waals surface area contributed by atoms with Crippen molar-refractivity contribution in [2.24, 2.45) is 0 Å². The molecule has 0 radical (unpaired) electrons. The van der Waals surface area contributed by atoms with E-state index in [2.05, 4.69) is 21.5 Å². The third-order valence-corrected chi connectivity index (χ3v) is 4.59. The predicted octanol–water partition coefficient (Wildman–Crippen LogP) is 3.22. The van der Waals surface area contributed by atoms with E-state index in [9.17, 15) is 4.79 Å². The minimum Gasteiger partial charge on any atom is -0.326 e. The van der Waals surface area contributed by atoms with Gasteiger partial charge in [-0.3, -0.25) is 9.48 Å². The Labute approximate surface area is 143 Å². The lowest BCUT2D eigenvalue weighted by Gasteiger charge is -2.10. The van der Waals surface area contributed by atoms with Crippen molar-refractivity contribution in [3.05, 3.63) is 53.4 Å². The van der Waals surface area contributed by atoms with Gasteiger partial charge in [0.1, 0.15) is 23.6 Å². The Morgan fingerprint density at radius 1 is 1.38 bits per heavy atom. The van der Waals surface area contributed by atoms with Crippen LogP contribution < -0.4 is 5.32 Å². The van der Waals surface area contributed by atoms with E-state index in [0.29, 0.717) is 17.8 Å². The summed E-state index contributed by atoms with van der Waals surface area (Å²) < 4.78 is 1.62. The molecule has 3 aromatic rings. The Hall–Kier alpha value is -2.98. The lowest BCUT2D eigenvalue weighted by atomic mass is 10.1. The van der Waals surface area contributed by atoms with Crippen molar-refractivity contribution >= 4 is 22.9 Å². The number of amides is 1. The van der Waals surface area contributed by atoms with E-state index in [1.807, 2.05) is 31.2 Å². The highest BCUT2D eigenvalue weighted by atomic mass is 32.1. The molecule has 24 heavy (non-hydrogen) atoms. The number of aromatic nitrogens is 3. The van der Waals surface area contributed by atoms with Crippen LogP contribution in [0.15, 0.2) is 43.0 Å². The number of thiophene rings is 1. The van der Waals surface area contributed by atoms with Gasteiger partial charge in [0.2, 0.25) is 5.91 Å². The highest BCUT2D eigenvalue weighted by Crippen LogP contribution is 2.30. The van der Waals surface area contributed by atoms with Crippen molar-refractivity contribution in [2.75, 3.05) is 5.32 Å². The van der Waals surface area contributed by atoms with Gasteiger partial charge in [0, 0.05) is 17.0 Å². The Kier molecular flexibility index (Phi) is 4.68. The first-order valence-electron chi connectivity index (χ1n) is 7.39.